The SMILES string of the molecule is Cc1ccc(-c2noc(CC(=O)N[C@H](C)c3ccc(C)cc3C)n2)cc1. The largest absolute Gasteiger partial charge is 0.349 e. The number of aromatic nitrogens is 2. The van der Waals surface area contributed by atoms with E-state index in [0.29, 0.717) is 11.7 Å². The molecule has 134 valence electrons. The molecule has 0 aliphatic heterocycles. The summed E-state index contributed by atoms with van der Waals surface area (Å²) in [5.41, 5.74) is 5.51. The van der Waals surface area contributed by atoms with Crippen molar-refractivity contribution in [3.63, 3.8) is 0 Å². The molecule has 0 radical (unpaired) electrons. The van der Waals surface area contributed by atoms with E-state index in [-0.39, 0.29) is 18.4 Å². The molecule has 0 aliphatic carbocycles. The number of benzene rings is 2. The van der Waals surface area contributed by atoms with Gasteiger partial charge >= 0.3 is 0 Å². The number of nitrogens with one attached hydrogen (secondary N) is 1. The highest BCUT2D eigenvalue weighted by Crippen LogP contribution is 2.19. The fourth-order valence-corrected chi connectivity index (χ4v) is 2.97. The maximum atomic E-state index is 12.3. The van der Waals surface area contributed by atoms with Crippen LogP contribution in [0, 0.1) is 20.8 Å². The van der Waals surface area contributed by atoms with Crippen LogP contribution in [0.1, 0.15) is 41.1 Å². The first-order valence-electron chi connectivity index (χ1n) is 8.68. The second-order valence-electron chi connectivity index (χ2n) is 6.70. The Morgan fingerprint density at radius 3 is 2.46 bits per heavy atom. The number of aryl methyl sites for hydroxylation is 3. The Hall–Kier alpha value is -2.95. The van der Waals surface area contributed by atoms with Crippen molar-refractivity contribution in [2.45, 2.75) is 40.2 Å². The van der Waals surface area contributed by atoms with Gasteiger partial charge in [0.25, 0.3) is 0 Å². The van der Waals surface area contributed by atoms with Gasteiger partial charge in [-0.25, -0.2) is 0 Å². The van der Waals surface area contributed by atoms with Gasteiger partial charge in [-0.3, -0.25) is 4.79 Å². The first-order valence-corrected chi connectivity index (χ1v) is 8.68. The highest BCUT2D eigenvalue weighted by molar-refractivity contribution is 5.78. The molecular formula is C21H23N3O2. The van der Waals surface area contributed by atoms with E-state index in [4.69, 9.17) is 4.52 Å². The first-order chi connectivity index (χ1) is 12.4. The highest BCUT2D eigenvalue weighted by Gasteiger charge is 2.16. The lowest BCUT2D eigenvalue weighted by Gasteiger charge is -2.16. The van der Waals surface area contributed by atoms with Crippen LogP contribution in [0.2, 0.25) is 0 Å². The van der Waals surface area contributed by atoms with Crippen molar-refractivity contribution >= 4 is 5.91 Å². The summed E-state index contributed by atoms with van der Waals surface area (Å²) in [6, 6.07) is 14.0. The molecule has 5 nitrogen and oxygen atoms in total. The Balaban J connectivity index is 1.64. The Morgan fingerprint density at radius 1 is 1.08 bits per heavy atom. The second-order valence-corrected chi connectivity index (χ2v) is 6.70. The molecule has 3 aromatic rings. The number of hydrogen-bond donors (Lipinski definition) is 1. The van der Waals surface area contributed by atoms with Crippen molar-refractivity contribution in [2.75, 3.05) is 0 Å². The molecule has 0 bridgehead atoms. The molecule has 0 unspecified atom stereocenters. The number of hydrogen-bond acceptors (Lipinski definition) is 4. The Morgan fingerprint density at radius 2 is 1.77 bits per heavy atom. The van der Waals surface area contributed by atoms with Crippen LogP contribution in [-0.4, -0.2) is 16.0 Å². The molecule has 3 rings (SSSR count). The van der Waals surface area contributed by atoms with Crippen LogP contribution in [0.4, 0.5) is 0 Å². The molecule has 0 saturated carbocycles. The summed E-state index contributed by atoms with van der Waals surface area (Å²) in [5.74, 6) is 0.665. The zero-order valence-electron chi connectivity index (χ0n) is 15.5. The minimum absolute atomic E-state index is 0.0636. The second kappa shape index (κ2) is 7.52. The van der Waals surface area contributed by atoms with Crippen LogP contribution in [0.3, 0.4) is 0 Å². The average Bonchev–Trinajstić information content (AvgIpc) is 3.03. The summed E-state index contributed by atoms with van der Waals surface area (Å²) in [6.45, 7) is 8.10. The normalized spacial score (nSPS) is 12.0. The summed E-state index contributed by atoms with van der Waals surface area (Å²) in [6.07, 6.45) is 0.0636. The van der Waals surface area contributed by atoms with Crippen LogP contribution in [0.5, 0.6) is 0 Å². The van der Waals surface area contributed by atoms with Gasteiger partial charge in [-0.1, -0.05) is 58.7 Å². The van der Waals surface area contributed by atoms with Gasteiger partial charge in [-0.2, -0.15) is 4.98 Å². The maximum Gasteiger partial charge on any atom is 0.236 e. The lowest BCUT2D eigenvalue weighted by Crippen LogP contribution is -2.28. The Kier molecular flexibility index (Phi) is 5.16. The van der Waals surface area contributed by atoms with Crippen molar-refractivity contribution in [3.05, 3.63) is 70.6 Å². The van der Waals surface area contributed by atoms with E-state index in [9.17, 15) is 4.79 Å². The van der Waals surface area contributed by atoms with Gasteiger partial charge in [0.2, 0.25) is 17.6 Å². The molecule has 0 spiro atoms. The number of carbonyl (C=O) groups is 1. The molecule has 1 aromatic heterocycles. The number of amides is 1. The fraction of sp³-hybridized carbons (Fsp3) is 0.286. The summed E-state index contributed by atoms with van der Waals surface area (Å²) in [7, 11) is 0. The van der Waals surface area contributed by atoms with Crippen molar-refractivity contribution in [2.24, 2.45) is 0 Å². The van der Waals surface area contributed by atoms with Gasteiger partial charge < -0.3 is 9.84 Å². The third-order valence-corrected chi connectivity index (χ3v) is 4.36. The lowest BCUT2D eigenvalue weighted by atomic mass is 10.0. The van der Waals surface area contributed by atoms with E-state index < -0.39 is 0 Å². The van der Waals surface area contributed by atoms with E-state index in [0.717, 1.165) is 22.3 Å². The zero-order chi connectivity index (χ0) is 18.7. The van der Waals surface area contributed by atoms with Gasteiger partial charge in [0.05, 0.1) is 6.04 Å². The van der Waals surface area contributed by atoms with Crippen molar-refractivity contribution < 1.29 is 9.32 Å². The quantitative estimate of drug-likeness (QED) is 0.753. The lowest BCUT2D eigenvalue weighted by molar-refractivity contribution is -0.121. The number of nitrogens with zero attached hydrogens (tertiary/aromatic N) is 2. The monoisotopic (exact) mass is 349 g/mol. The average molecular weight is 349 g/mol. The molecule has 2 aromatic carbocycles. The zero-order valence-corrected chi connectivity index (χ0v) is 15.5. The molecular weight excluding hydrogens is 326 g/mol. The van der Waals surface area contributed by atoms with E-state index in [1.165, 1.54) is 5.56 Å². The molecule has 1 N–H and O–H groups in total. The topological polar surface area (TPSA) is 68.0 Å². The van der Waals surface area contributed by atoms with Crippen molar-refractivity contribution in [1.29, 1.82) is 0 Å². The maximum absolute atomic E-state index is 12.3. The third kappa shape index (κ3) is 4.17. The predicted molar refractivity (Wildman–Crippen MR) is 101 cm³/mol. The summed E-state index contributed by atoms with van der Waals surface area (Å²) >= 11 is 0. The van der Waals surface area contributed by atoms with Gasteiger partial charge in [-0.05, 0) is 38.8 Å². The minimum atomic E-state index is -0.142. The third-order valence-electron chi connectivity index (χ3n) is 4.36. The molecule has 0 saturated heterocycles. The van der Waals surface area contributed by atoms with Gasteiger partial charge in [-0.15, -0.1) is 0 Å². The smallest absolute Gasteiger partial charge is 0.236 e. The highest BCUT2D eigenvalue weighted by atomic mass is 16.5. The van der Waals surface area contributed by atoms with Crippen molar-refractivity contribution in [3.8, 4) is 11.4 Å². The first kappa shape index (κ1) is 17.9. The van der Waals surface area contributed by atoms with Crippen LogP contribution in [0.15, 0.2) is 47.0 Å². The summed E-state index contributed by atoms with van der Waals surface area (Å²) in [4.78, 5) is 16.6. The van der Waals surface area contributed by atoms with E-state index in [1.807, 2.05) is 38.1 Å². The summed E-state index contributed by atoms with van der Waals surface area (Å²) in [5, 5.41) is 6.96. The van der Waals surface area contributed by atoms with Crippen LogP contribution >= 0.6 is 0 Å². The fourth-order valence-electron chi connectivity index (χ4n) is 2.97. The molecule has 5 heteroatoms. The summed E-state index contributed by atoms with van der Waals surface area (Å²) < 4.78 is 5.22. The molecule has 1 heterocycles. The Labute approximate surface area is 153 Å². The van der Waals surface area contributed by atoms with Crippen LogP contribution in [0.25, 0.3) is 11.4 Å². The van der Waals surface area contributed by atoms with Crippen molar-refractivity contribution in [1.82, 2.24) is 15.5 Å². The Bertz CT molecular complexity index is 913. The molecule has 0 fully saturated rings. The van der Waals surface area contributed by atoms with Crippen LogP contribution in [-0.2, 0) is 11.2 Å². The molecule has 26 heavy (non-hydrogen) atoms. The van der Waals surface area contributed by atoms with Gasteiger partial charge in [0.15, 0.2) is 0 Å². The van der Waals surface area contributed by atoms with E-state index >= 15 is 0 Å². The van der Waals surface area contributed by atoms with E-state index in [1.54, 1.807) is 0 Å². The van der Waals surface area contributed by atoms with Crippen LogP contribution < -0.4 is 5.32 Å². The number of carbonyl (C=O) groups excluding carboxylic acids is 1. The van der Waals surface area contributed by atoms with E-state index in [2.05, 4.69) is 47.5 Å². The number of rotatable bonds is 5. The van der Waals surface area contributed by atoms with Gasteiger partial charge in [0.1, 0.15) is 6.42 Å². The predicted octanol–water partition coefficient (Wildman–Crippen LogP) is 4.08. The molecule has 0 aliphatic rings. The van der Waals surface area contributed by atoms with Gasteiger partial charge in [0, 0.05) is 5.56 Å². The standard InChI is InChI=1S/C21H23N3O2/c1-13-5-8-17(9-6-13)21-23-20(26-24-21)12-19(25)22-16(4)18-10-7-14(2)11-15(18)3/h5-11,16H,12H2,1-4H3,(H,22,25)/t16-/m1/s1. The molecule has 1 amide bonds. The molecule has 1 atom stereocenters. The minimum Gasteiger partial charge on any atom is -0.349 e.